The summed E-state index contributed by atoms with van der Waals surface area (Å²) < 4.78 is 0. The Morgan fingerprint density at radius 1 is 1.20 bits per heavy atom. The third kappa shape index (κ3) is 3.94. The largest absolute Gasteiger partial charge is 0.480 e. The van der Waals surface area contributed by atoms with Gasteiger partial charge in [-0.25, -0.2) is 9.78 Å². The van der Waals surface area contributed by atoms with Crippen LogP contribution in [0.15, 0.2) is 54.7 Å². The molecular weight excluding hydrogens is 422 g/mol. The molecule has 0 aliphatic carbocycles. The highest BCUT2D eigenvalue weighted by Crippen LogP contribution is 2.32. The summed E-state index contributed by atoms with van der Waals surface area (Å²) in [6, 6.07) is 13.8. The summed E-state index contributed by atoms with van der Waals surface area (Å²) >= 11 is 7.43. The average Bonchev–Trinajstić information content (AvgIpc) is 3.31. The molecular formula is C22H18ClN3O3S. The molecule has 1 amide bonds. The van der Waals surface area contributed by atoms with Gasteiger partial charge in [0, 0.05) is 29.1 Å². The number of amides is 1. The lowest BCUT2D eigenvalue weighted by Crippen LogP contribution is -2.42. The van der Waals surface area contributed by atoms with E-state index in [9.17, 15) is 14.7 Å². The summed E-state index contributed by atoms with van der Waals surface area (Å²) in [7, 11) is 0. The maximum absolute atomic E-state index is 12.9. The van der Waals surface area contributed by atoms with Crippen molar-refractivity contribution < 1.29 is 14.7 Å². The summed E-state index contributed by atoms with van der Waals surface area (Å²) in [4.78, 5) is 32.6. The van der Waals surface area contributed by atoms with Crippen molar-refractivity contribution in [3.63, 3.8) is 0 Å². The first-order chi connectivity index (χ1) is 14.4. The van der Waals surface area contributed by atoms with E-state index in [4.69, 9.17) is 11.6 Å². The lowest BCUT2D eigenvalue weighted by molar-refractivity contribution is -0.139. The number of aromatic nitrogens is 2. The molecule has 0 aliphatic heterocycles. The van der Waals surface area contributed by atoms with Crippen LogP contribution in [0.5, 0.6) is 0 Å². The van der Waals surface area contributed by atoms with Gasteiger partial charge in [0.05, 0.1) is 10.7 Å². The minimum absolute atomic E-state index is 0.167. The van der Waals surface area contributed by atoms with E-state index in [0.29, 0.717) is 20.6 Å². The molecule has 152 valence electrons. The number of H-pyrrole nitrogens is 1. The predicted octanol–water partition coefficient (Wildman–Crippen LogP) is 4.68. The molecule has 1 unspecified atom stereocenters. The number of aromatic amines is 1. The zero-order valence-corrected chi connectivity index (χ0v) is 17.6. The van der Waals surface area contributed by atoms with Crippen molar-refractivity contribution in [3.8, 4) is 10.6 Å². The normalized spacial score (nSPS) is 12.1. The number of carboxylic acid groups (broad SMARTS) is 1. The SMILES string of the molecule is Cc1nc(-c2ccccc2Cl)sc1C(=O)NC(Cc1c[nH]c2ccccc12)C(=O)O. The summed E-state index contributed by atoms with van der Waals surface area (Å²) in [5.41, 5.74) is 3.02. The average molecular weight is 440 g/mol. The van der Waals surface area contributed by atoms with Crippen LogP contribution in [0.3, 0.4) is 0 Å². The molecule has 4 aromatic rings. The summed E-state index contributed by atoms with van der Waals surface area (Å²) in [5.74, 6) is -1.56. The second-order valence-electron chi connectivity index (χ2n) is 6.84. The molecule has 4 rings (SSSR count). The number of fused-ring (bicyclic) bond motifs is 1. The number of benzene rings is 2. The van der Waals surface area contributed by atoms with Crippen molar-refractivity contribution in [1.82, 2.24) is 15.3 Å². The van der Waals surface area contributed by atoms with E-state index in [1.165, 1.54) is 11.3 Å². The first-order valence-corrected chi connectivity index (χ1v) is 10.4. The Labute approximate surface area is 181 Å². The Balaban J connectivity index is 1.57. The number of hydrogen-bond donors (Lipinski definition) is 3. The number of para-hydroxylation sites is 1. The number of carbonyl (C=O) groups is 2. The minimum Gasteiger partial charge on any atom is -0.480 e. The Hall–Kier alpha value is -3.16. The van der Waals surface area contributed by atoms with E-state index >= 15 is 0 Å². The van der Waals surface area contributed by atoms with Crippen molar-refractivity contribution in [3.05, 3.63) is 75.9 Å². The van der Waals surface area contributed by atoms with E-state index in [1.54, 1.807) is 19.2 Å². The van der Waals surface area contributed by atoms with Gasteiger partial charge in [0.2, 0.25) is 0 Å². The Morgan fingerprint density at radius 3 is 2.70 bits per heavy atom. The standard InChI is InChI=1S/C22H18ClN3O3S/c1-12-19(30-21(25-12)15-7-2-4-8-16(15)23)20(27)26-18(22(28)29)10-13-11-24-17-9-5-3-6-14(13)17/h2-9,11,18,24H,10H2,1H3,(H,26,27)(H,28,29). The molecule has 8 heteroatoms. The zero-order chi connectivity index (χ0) is 21.3. The molecule has 2 heterocycles. The number of thiazole rings is 1. The fourth-order valence-electron chi connectivity index (χ4n) is 3.30. The van der Waals surface area contributed by atoms with E-state index in [1.807, 2.05) is 42.5 Å². The number of aryl methyl sites for hydroxylation is 1. The second kappa shape index (κ2) is 8.30. The molecule has 0 fully saturated rings. The van der Waals surface area contributed by atoms with Crippen LogP contribution >= 0.6 is 22.9 Å². The first-order valence-electron chi connectivity index (χ1n) is 9.25. The minimum atomic E-state index is -1.10. The molecule has 6 nitrogen and oxygen atoms in total. The fourth-order valence-corrected chi connectivity index (χ4v) is 4.59. The highest BCUT2D eigenvalue weighted by Gasteiger charge is 2.25. The Morgan fingerprint density at radius 2 is 1.93 bits per heavy atom. The summed E-state index contributed by atoms with van der Waals surface area (Å²) in [5, 5.41) is 14.4. The Kier molecular flexibility index (Phi) is 5.57. The smallest absolute Gasteiger partial charge is 0.326 e. The predicted molar refractivity (Wildman–Crippen MR) is 118 cm³/mol. The molecule has 0 aliphatic rings. The van der Waals surface area contributed by atoms with Gasteiger partial charge in [0.1, 0.15) is 15.9 Å². The molecule has 0 saturated heterocycles. The quantitative estimate of drug-likeness (QED) is 0.406. The van der Waals surface area contributed by atoms with E-state index < -0.39 is 17.9 Å². The van der Waals surface area contributed by atoms with Gasteiger partial charge in [-0.3, -0.25) is 4.79 Å². The molecule has 2 aromatic heterocycles. The van der Waals surface area contributed by atoms with Crippen LogP contribution < -0.4 is 5.32 Å². The lowest BCUT2D eigenvalue weighted by Gasteiger charge is -2.13. The summed E-state index contributed by atoms with van der Waals surface area (Å²) in [6.45, 7) is 1.72. The van der Waals surface area contributed by atoms with E-state index in [0.717, 1.165) is 22.0 Å². The number of aliphatic carboxylic acids is 1. The van der Waals surface area contributed by atoms with Gasteiger partial charge in [-0.1, -0.05) is 48.0 Å². The third-order valence-corrected chi connectivity index (χ3v) is 6.33. The van der Waals surface area contributed by atoms with Gasteiger partial charge in [-0.15, -0.1) is 11.3 Å². The zero-order valence-electron chi connectivity index (χ0n) is 16.0. The molecule has 30 heavy (non-hydrogen) atoms. The number of halogens is 1. The molecule has 0 saturated carbocycles. The van der Waals surface area contributed by atoms with E-state index in [2.05, 4.69) is 15.3 Å². The van der Waals surface area contributed by atoms with Crippen molar-refractivity contribution in [1.29, 1.82) is 0 Å². The van der Waals surface area contributed by atoms with Crippen LogP contribution in [-0.2, 0) is 11.2 Å². The third-order valence-electron chi connectivity index (χ3n) is 4.81. The molecule has 0 radical (unpaired) electrons. The highest BCUT2D eigenvalue weighted by molar-refractivity contribution is 7.17. The topological polar surface area (TPSA) is 95.1 Å². The fraction of sp³-hybridized carbons (Fsp3) is 0.136. The van der Waals surface area contributed by atoms with Gasteiger partial charge in [-0.05, 0) is 24.6 Å². The number of rotatable bonds is 6. The molecule has 0 spiro atoms. The molecule has 3 N–H and O–H groups in total. The van der Waals surface area contributed by atoms with Crippen LogP contribution in [-0.4, -0.2) is 33.0 Å². The van der Waals surface area contributed by atoms with Crippen LogP contribution in [0.2, 0.25) is 5.02 Å². The summed E-state index contributed by atoms with van der Waals surface area (Å²) in [6.07, 6.45) is 1.94. The van der Waals surface area contributed by atoms with Gasteiger partial charge < -0.3 is 15.4 Å². The van der Waals surface area contributed by atoms with Gasteiger partial charge in [-0.2, -0.15) is 0 Å². The second-order valence-corrected chi connectivity index (χ2v) is 8.25. The van der Waals surface area contributed by atoms with Gasteiger partial charge >= 0.3 is 5.97 Å². The van der Waals surface area contributed by atoms with Crippen LogP contribution in [0, 0.1) is 6.92 Å². The van der Waals surface area contributed by atoms with Crippen molar-refractivity contribution in [2.45, 2.75) is 19.4 Å². The van der Waals surface area contributed by atoms with Crippen molar-refractivity contribution in [2.75, 3.05) is 0 Å². The lowest BCUT2D eigenvalue weighted by atomic mass is 10.0. The molecule has 1 atom stereocenters. The number of carboxylic acids is 1. The van der Waals surface area contributed by atoms with Crippen LogP contribution in [0.1, 0.15) is 20.9 Å². The van der Waals surface area contributed by atoms with Crippen LogP contribution in [0.4, 0.5) is 0 Å². The highest BCUT2D eigenvalue weighted by atomic mass is 35.5. The number of carbonyl (C=O) groups excluding carboxylic acids is 1. The maximum Gasteiger partial charge on any atom is 0.326 e. The number of hydrogen-bond acceptors (Lipinski definition) is 4. The van der Waals surface area contributed by atoms with E-state index in [-0.39, 0.29) is 6.42 Å². The monoisotopic (exact) mass is 439 g/mol. The number of nitrogens with one attached hydrogen (secondary N) is 2. The Bertz CT molecular complexity index is 1250. The first kappa shape index (κ1) is 20.1. The molecule has 2 aromatic carbocycles. The molecule has 0 bridgehead atoms. The van der Waals surface area contributed by atoms with Crippen molar-refractivity contribution in [2.24, 2.45) is 0 Å². The number of nitrogens with zero attached hydrogens (tertiary/aromatic N) is 1. The van der Waals surface area contributed by atoms with Gasteiger partial charge in [0.25, 0.3) is 5.91 Å². The van der Waals surface area contributed by atoms with Crippen LogP contribution in [0.25, 0.3) is 21.5 Å². The van der Waals surface area contributed by atoms with Crippen molar-refractivity contribution >= 4 is 45.7 Å². The maximum atomic E-state index is 12.9. The van der Waals surface area contributed by atoms with Gasteiger partial charge in [0.15, 0.2) is 0 Å².